The molecule has 1 N–H and O–H groups in total. The van der Waals surface area contributed by atoms with E-state index < -0.39 is 5.97 Å². The Kier molecular flexibility index (Phi) is 18.9. The maximum atomic E-state index is 10.3. The van der Waals surface area contributed by atoms with Crippen molar-refractivity contribution in [2.24, 2.45) is 0 Å². The smallest absolute Gasteiger partial charge is 0.303 e. The van der Waals surface area contributed by atoms with Crippen LogP contribution in [0, 0.1) is 0 Å². The van der Waals surface area contributed by atoms with E-state index in [1.54, 1.807) is 0 Å². The molecule has 0 aliphatic heterocycles. The fraction of sp³-hybridized carbons (Fsp3) is 0.786. The molecule has 0 bridgehead atoms. The summed E-state index contributed by atoms with van der Waals surface area (Å²) in [4.78, 5) is 10.3. The van der Waals surface area contributed by atoms with Crippen LogP contribution in [0.5, 0.6) is 0 Å². The third kappa shape index (κ3) is 18.9. The van der Waals surface area contributed by atoms with E-state index in [0.29, 0.717) is 6.42 Å². The first-order chi connectivity index (χ1) is 7.77. The molecule has 0 unspecified atom stereocenters. The zero-order valence-electron chi connectivity index (χ0n) is 11.2. The molecule has 0 aromatic carbocycles. The maximum absolute atomic E-state index is 10.3. The van der Waals surface area contributed by atoms with Gasteiger partial charge in [-0.25, -0.2) is 0 Å². The number of unbranched alkanes of at least 4 members (excludes halogenated alkanes) is 7. The number of aliphatic carboxylic acids is 1. The molecule has 0 atom stereocenters. The van der Waals surface area contributed by atoms with Gasteiger partial charge in [-0.1, -0.05) is 51.2 Å². The van der Waals surface area contributed by atoms with E-state index in [1.165, 1.54) is 44.9 Å². The number of carboxylic acid groups (broad SMARTS) is 1. The molecular formula is C14H26O2Y. The number of allylic oxidation sites excluding steroid dienone is 2. The third-order valence-electron chi connectivity index (χ3n) is 2.65. The van der Waals surface area contributed by atoms with E-state index in [1.807, 2.05) is 0 Å². The second-order valence-corrected chi connectivity index (χ2v) is 4.31. The summed E-state index contributed by atoms with van der Waals surface area (Å²) in [5, 5.41) is 8.45. The van der Waals surface area contributed by atoms with Crippen LogP contribution in [-0.4, -0.2) is 11.1 Å². The summed E-state index contributed by atoms with van der Waals surface area (Å²) in [5.74, 6) is -0.668. The fourth-order valence-electron chi connectivity index (χ4n) is 1.63. The van der Waals surface area contributed by atoms with Crippen molar-refractivity contribution in [1.82, 2.24) is 0 Å². The van der Waals surface area contributed by atoms with Crippen LogP contribution in [0.4, 0.5) is 0 Å². The number of hydrogen-bond acceptors (Lipinski definition) is 1. The normalized spacial score (nSPS) is 10.4. The van der Waals surface area contributed by atoms with Gasteiger partial charge in [-0.05, 0) is 25.7 Å². The monoisotopic (exact) mass is 315 g/mol. The number of hydrogen-bond donors (Lipinski definition) is 1. The Morgan fingerprint density at radius 3 is 2.06 bits per heavy atom. The van der Waals surface area contributed by atoms with Gasteiger partial charge in [0.15, 0.2) is 0 Å². The number of carbonyl (C=O) groups is 1. The van der Waals surface area contributed by atoms with Crippen molar-refractivity contribution in [3.05, 3.63) is 12.2 Å². The Morgan fingerprint density at radius 2 is 1.47 bits per heavy atom. The van der Waals surface area contributed by atoms with Crippen molar-refractivity contribution >= 4 is 5.97 Å². The number of carboxylic acids is 1. The van der Waals surface area contributed by atoms with Gasteiger partial charge >= 0.3 is 5.97 Å². The zero-order valence-corrected chi connectivity index (χ0v) is 14.0. The van der Waals surface area contributed by atoms with E-state index >= 15 is 0 Å². The van der Waals surface area contributed by atoms with Crippen molar-refractivity contribution < 1.29 is 42.6 Å². The Hall–Kier alpha value is 0.314. The summed E-state index contributed by atoms with van der Waals surface area (Å²) in [5.41, 5.74) is 0. The second-order valence-electron chi connectivity index (χ2n) is 4.31. The van der Waals surface area contributed by atoms with Gasteiger partial charge in [0.25, 0.3) is 0 Å². The van der Waals surface area contributed by atoms with Crippen molar-refractivity contribution in [3.63, 3.8) is 0 Å². The molecule has 0 aliphatic rings. The average molecular weight is 315 g/mol. The summed E-state index contributed by atoms with van der Waals surface area (Å²) in [6, 6.07) is 0. The molecule has 0 heterocycles. The van der Waals surface area contributed by atoms with Crippen LogP contribution in [0.1, 0.15) is 71.1 Å². The number of rotatable bonds is 11. The maximum Gasteiger partial charge on any atom is 0.303 e. The first-order valence-electron chi connectivity index (χ1n) is 6.64. The Labute approximate surface area is 131 Å². The topological polar surface area (TPSA) is 37.3 Å². The molecule has 0 aromatic rings. The van der Waals surface area contributed by atoms with Gasteiger partial charge in [-0.3, -0.25) is 4.79 Å². The summed E-state index contributed by atoms with van der Waals surface area (Å²) in [7, 11) is 0. The van der Waals surface area contributed by atoms with E-state index in [0.717, 1.165) is 12.8 Å². The summed E-state index contributed by atoms with van der Waals surface area (Å²) in [6.07, 6.45) is 15.4. The molecule has 17 heavy (non-hydrogen) atoms. The molecule has 0 saturated heterocycles. The second kappa shape index (κ2) is 16.3. The quantitative estimate of drug-likeness (QED) is 0.449. The molecule has 0 fully saturated rings. The standard InChI is InChI=1S/C14H26O2.Y/c1-2-3-4-5-6-7-8-9-10-11-12-13-14(15)16;/h5-6H,2-4,7-13H2,1H3,(H,15,16);/b6-5-;. The summed E-state index contributed by atoms with van der Waals surface area (Å²) in [6.45, 7) is 2.21. The van der Waals surface area contributed by atoms with Gasteiger partial charge in [0, 0.05) is 39.1 Å². The summed E-state index contributed by atoms with van der Waals surface area (Å²) >= 11 is 0. The molecule has 0 aliphatic carbocycles. The van der Waals surface area contributed by atoms with E-state index in [2.05, 4.69) is 19.1 Å². The Bertz CT molecular complexity index is 191. The molecule has 1 radical (unpaired) electrons. The Morgan fingerprint density at radius 1 is 0.941 bits per heavy atom. The Balaban J connectivity index is 0. The van der Waals surface area contributed by atoms with Gasteiger partial charge in [-0.15, -0.1) is 0 Å². The predicted octanol–water partition coefficient (Wildman–Crippen LogP) is 4.55. The van der Waals surface area contributed by atoms with Crippen LogP contribution < -0.4 is 0 Å². The van der Waals surface area contributed by atoms with Gasteiger partial charge < -0.3 is 5.11 Å². The fourth-order valence-corrected chi connectivity index (χ4v) is 1.63. The van der Waals surface area contributed by atoms with Crippen molar-refractivity contribution in [2.45, 2.75) is 71.1 Å². The minimum Gasteiger partial charge on any atom is -0.481 e. The first kappa shape index (κ1) is 19.6. The van der Waals surface area contributed by atoms with Gasteiger partial charge in [0.05, 0.1) is 0 Å². The largest absolute Gasteiger partial charge is 0.481 e. The molecular weight excluding hydrogens is 289 g/mol. The predicted molar refractivity (Wildman–Crippen MR) is 68.6 cm³/mol. The van der Waals surface area contributed by atoms with Crippen LogP contribution >= 0.6 is 0 Å². The molecule has 2 nitrogen and oxygen atoms in total. The van der Waals surface area contributed by atoms with Crippen molar-refractivity contribution in [1.29, 1.82) is 0 Å². The molecule has 0 rings (SSSR count). The zero-order chi connectivity index (χ0) is 12.1. The van der Waals surface area contributed by atoms with Crippen molar-refractivity contribution in [2.75, 3.05) is 0 Å². The SMILES string of the molecule is CCCC/C=C\CCCCCCCC(=O)O.[Y]. The molecule has 3 heteroatoms. The van der Waals surface area contributed by atoms with E-state index in [9.17, 15) is 4.79 Å². The van der Waals surface area contributed by atoms with Crippen molar-refractivity contribution in [3.8, 4) is 0 Å². The van der Waals surface area contributed by atoms with Crippen LogP contribution in [0.3, 0.4) is 0 Å². The van der Waals surface area contributed by atoms with Gasteiger partial charge in [-0.2, -0.15) is 0 Å². The van der Waals surface area contributed by atoms with Crippen LogP contribution in [0.15, 0.2) is 12.2 Å². The molecule has 0 spiro atoms. The third-order valence-corrected chi connectivity index (χ3v) is 2.65. The van der Waals surface area contributed by atoms with Crippen LogP contribution in [-0.2, 0) is 37.5 Å². The average Bonchev–Trinajstić information content (AvgIpc) is 2.25. The minimum atomic E-state index is -0.668. The minimum absolute atomic E-state index is 0. The first-order valence-corrected chi connectivity index (χ1v) is 6.64. The van der Waals surface area contributed by atoms with E-state index in [4.69, 9.17) is 5.11 Å². The van der Waals surface area contributed by atoms with Gasteiger partial charge in [0.2, 0.25) is 0 Å². The van der Waals surface area contributed by atoms with Crippen LogP contribution in [0.25, 0.3) is 0 Å². The summed E-state index contributed by atoms with van der Waals surface area (Å²) < 4.78 is 0. The molecule has 0 aromatic heterocycles. The van der Waals surface area contributed by atoms with Crippen LogP contribution in [0.2, 0.25) is 0 Å². The molecule has 97 valence electrons. The van der Waals surface area contributed by atoms with Gasteiger partial charge in [0.1, 0.15) is 0 Å². The molecule has 0 saturated carbocycles. The van der Waals surface area contributed by atoms with E-state index in [-0.39, 0.29) is 32.7 Å². The molecule has 0 amide bonds.